The number of nitrogen functional groups attached to an aromatic ring is 1. The van der Waals surface area contributed by atoms with Gasteiger partial charge in [0.25, 0.3) is 0 Å². The molecule has 3 nitrogen and oxygen atoms in total. The molecule has 1 rings (SSSR count). The van der Waals surface area contributed by atoms with E-state index >= 15 is 0 Å². The van der Waals surface area contributed by atoms with Crippen LogP contribution in [0.2, 0.25) is 0 Å². The summed E-state index contributed by atoms with van der Waals surface area (Å²) >= 11 is 0. The number of nitrogens with two attached hydrogens (primary N) is 2. The van der Waals surface area contributed by atoms with Gasteiger partial charge in [0.2, 0.25) is 0 Å². The molecule has 0 saturated carbocycles. The molecule has 6 heteroatoms. The molecule has 0 spiro atoms. The molecule has 5 N–H and O–H groups in total. The lowest BCUT2D eigenvalue weighted by atomic mass is 9.91. The zero-order valence-electron chi connectivity index (χ0n) is 10.6. The zero-order valence-corrected chi connectivity index (χ0v) is 11.4. The van der Waals surface area contributed by atoms with E-state index < -0.39 is 17.6 Å². The first-order chi connectivity index (χ1) is 7.55. The van der Waals surface area contributed by atoms with Crippen molar-refractivity contribution in [3.63, 3.8) is 0 Å². The number of anilines is 1. The summed E-state index contributed by atoms with van der Waals surface area (Å²) < 4.78 is 27.9. The predicted molar refractivity (Wildman–Crippen MR) is 70.9 cm³/mol. The van der Waals surface area contributed by atoms with Gasteiger partial charge in [0.1, 0.15) is 5.60 Å². The lowest BCUT2D eigenvalue weighted by Crippen LogP contribution is -2.40. The first-order valence-electron chi connectivity index (χ1n) is 5.32. The lowest BCUT2D eigenvalue weighted by Gasteiger charge is -2.30. The lowest BCUT2D eigenvalue weighted by molar-refractivity contribution is -0.168. The quantitative estimate of drug-likeness (QED) is 0.745. The van der Waals surface area contributed by atoms with E-state index in [0.717, 1.165) is 19.9 Å². The molecule has 1 aromatic rings. The maximum atomic E-state index is 13.9. The molecule has 1 aromatic carbocycles. The highest BCUT2D eigenvalue weighted by molar-refractivity contribution is 5.85. The number of hydrogen-bond acceptors (Lipinski definition) is 3. The van der Waals surface area contributed by atoms with Gasteiger partial charge in [0, 0.05) is 17.3 Å². The Hall–Kier alpha value is -0.910. The van der Waals surface area contributed by atoms with E-state index in [2.05, 4.69) is 0 Å². The van der Waals surface area contributed by atoms with E-state index in [9.17, 15) is 13.9 Å². The van der Waals surface area contributed by atoms with Gasteiger partial charge in [0.05, 0.1) is 0 Å². The number of benzene rings is 1. The van der Waals surface area contributed by atoms with Crippen LogP contribution in [0.25, 0.3) is 0 Å². The van der Waals surface area contributed by atoms with Crippen molar-refractivity contribution in [3.05, 3.63) is 29.3 Å². The molecule has 0 amide bonds. The van der Waals surface area contributed by atoms with Crippen molar-refractivity contribution in [1.29, 1.82) is 0 Å². The topological polar surface area (TPSA) is 72.3 Å². The molecule has 1 atom stereocenters. The van der Waals surface area contributed by atoms with Crippen LogP contribution in [-0.2, 0) is 5.92 Å². The molecule has 0 unspecified atom stereocenters. The van der Waals surface area contributed by atoms with Crippen molar-refractivity contribution < 1.29 is 13.9 Å². The third kappa shape index (κ3) is 3.31. The summed E-state index contributed by atoms with van der Waals surface area (Å²) in [5, 5.41) is 9.50. The van der Waals surface area contributed by atoms with E-state index in [4.69, 9.17) is 11.5 Å². The van der Waals surface area contributed by atoms with Crippen LogP contribution in [0.15, 0.2) is 18.2 Å². The Morgan fingerprint density at radius 2 is 1.72 bits per heavy atom. The molecule has 104 valence electrons. The Labute approximate surface area is 112 Å². The molecule has 0 aliphatic rings. The fraction of sp³-hybridized carbons (Fsp3) is 0.500. The fourth-order valence-corrected chi connectivity index (χ4v) is 1.47. The van der Waals surface area contributed by atoms with Crippen LogP contribution >= 0.6 is 12.4 Å². The van der Waals surface area contributed by atoms with Gasteiger partial charge < -0.3 is 16.6 Å². The first-order valence-corrected chi connectivity index (χ1v) is 5.32. The minimum absolute atomic E-state index is 0. The van der Waals surface area contributed by atoms with Gasteiger partial charge in [-0.2, -0.15) is 8.78 Å². The SMILES string of the molecule is C[C@@H](N)c1cc(N)cc(C(F)(F)C(C)(C)O)c1.Cl. The highest BCUT2D eigenvalue weighted by atomic mass is 35.5. The zero-order chi connectivity index (χ0) is 13.4. The Bertz CT molecular complexity index is 417. The number of halogens is 3. The van der Waals surface area contributed by atoms with E-state index in [1.54, 1.807) is 13.0 Å². The summed E-state index contributed by atoms with van der Waals surface area (Å²) in [5.74, 6) is -3.38. The van der Waals surface area contributed by atoms with Crippen LogP contribution < -0.4 is 11.5 Å². The second-order valence-corrected chi connectivity index (χ2v) is 4.81. The van der Waals surface area contributed by atoms with E-state index in [1.807, 2.05) is 0 Å². The summed E-state index contributed by atoms with van der Waals surface area (Å²) in [5.41, 5.74) is 9.45. The first kappa shape index (κ1) is 17.1. The predicted octanol–water partition coefficient (Wildman–Crippen LogP) is 2.57. The largest absolute Gasteiger partial charge is 0.399 e. The third-order valence-corrected chi connectivity index (χ3v) is 2.63. The number of aliphatic hydroxyl groups is 1. The van der Waals surface area contributed by atoms with Crippen LogP contribution in [0, 0.1) is 0 Å². The number of hydrogen-bond donors (Lipinski definition) is 3. The van der Waals surface area contributed by atoms with Crippen molar-refractivity contribution in [1.82, 2.24) is 0 Å². The highest BCUT2D eigenvalue weighted by Gasteiger charge is 2.47. The maximum absolute atomic E-state index is 13.9. The van der Waals surface area contributed by atoms with Gasteiger partial charge in [-0.15, -0.1) is 12.4 Å². The Kier molecular flexibility index (Phi) is 5.11. The van der Waals surface area contributed by atoms with E-state index in [1.165, 1.54) is 6.07 Å². The molecule has 0 aliphatic heterocycles. The Balaban J connectivity index is 0.00000289. The molecule has 18 heavy (non-hydrogen) atoms. The number of alkyl halides is 2. The van der Waals surface area contributed by atoms with E-state index in [0.29, 0.717) is 5.56 Å². The van der Waals surface area contributed by atoms with Crippen molar-refractivity contribution >= 4 is 18.1 Å². The molecule has 0 fully saturated rings. The van der Waals surface area contributed by atoms with Gasteiger partial charge in [-0.25, -0.2) is 0 Å². The number of rotatable bonds is 3. The average molecular weight is 281 g/mol. The second kappa shape index (κ2) is 5.38. The van der Waals surface area contributed by atoms with Crippen molar-refractivity contribution in [2.24, 2.45) is 5.73 Å². The van der Waals surface area contributed by atoms with Crippen LogP contribution in [0.1, 0.15) is 37.9 Å². The van der Waals surface area contributed by atoms with Gasteiger partial charge in [-0.1, -0.05) is 0 Å². The average Bonchev–Trinajstić information content (AvgIpc) is 2.14. The normalized spacial score (nSPS) is 13.9. The van der Waals surface area contributed by atoms with Gasteiger partial charge >= 0.3 is 5.92 Å². The van der Waals surface area contributed by atoms with Gasteiger partial charge in [-0.3, -0.25) is 0 Å². The molecule has 0 saturated heterocycles. The van der Waals surface area contributed by atoms with Crippen molar-refractivity contribution in [3.8, 4) is 0 Å². The van der Waals surface area contributed by atoms with E-state index in [-0.39, 0.29) is 23.7 Å². The third-order valence-electron chi connectivity index (χ3n) is 2.63. The Morgan fingerprint density at radius 1 is 1.22 bits per heavy atom. The van der Waals surface area contributed by atoms with Crippen molar-refractivity contribution in [2.75, 3.05) is 5.73 Å². The highest BCUT2D eigenvalue weighted by Crippen LogP contribution is 2.40. The summed E-state index contributed by atoms with van der Waals surface area (Å²) in [6.07, 6.45) is 0. The maximum Gasteiger partial charge on any atom is 0.300 e. The molecule has 0 bridgehead atoms. The summed E-state index contributed by atoms with van der Waals surface area (Å²) in [6, 6.07) is 3.59. The summed E-state index contributed by atoms with van der Waals surface area (Å²) in [4.78, 5) is 0. The Morgan fingerprint density at radius 3 is 2.11 bits per heavy atom. The monoisotopic (exact) mass is 280 g/mol. The summed E-state index contributed by atoms with van der Waals surface area (Å²) in [6.45, 7) is 3.80. The van der Waals surface area contributed by atoms with Crippen LogP contribution in [0.3, 0.4) is 0 Å². The van der Waals surface area contributed by atoms with Gasteiger partial charge in [-0.05, 0) is 44.5 Å². The minimum Gasteiger partial charge on any atom is -0.399 e. The molecule has 0 heterocycles. The van der Waals surface area contributed by atoms with Crippen LogP contribution in [0.5, 0.6) is 0 Å². The second-order valence-electron chi connectivity index (χ2n) is 4.81. The van der Waals surface area contributed by atoms with Crippen LogP contribution in [-0.4, -0.2) is 10.7 Å². The van der Waals surface area contributed by atoms with Gasteiger partial charge in [0.15, 0.2) is 0 Å². The molecular weight excluding hydrogens is 262 g/mol. The molecule has 0 aromatic heterocycles. The molecular formula is C12H19ClF2N2O. The summed E-state index contributed by atoms with van der Waals surface area (Å²) in [7, 11) is 0. The fourth-order valence-electron chi connectivity index (χ4n) is 1.47. The minimum atomic E-state index is -3.38. The van der Waals surface area contributed by atoms with Crippen LogP contribution in [0.4, 0.5) is 14.5 Å². The standard InChI is InChI=1S/C12H18F2N2O.ClH/c1-7(15)8-4-9(6-10(16)5-8)12(13,14)11(2,3)17;/h4-7,17H,15-16H2,1-3H3;1H/t7-;/m1./s1. The van der Waals surface area contributed by atoms with Crippen molar-refractivity contribution in [2.45, 2.75) is 38.3 Å². The molecule has 0 aliphatic carbocycles. The smallest absolute Gasteiger partial charge is 0.300 e. The molecule has 0 radical (unpaired) electrons.